The van der Waals surface area contributed by atoms with Crippen LogP contribution in [0.3, 0.4) is 0 Å². The summed E-state index contributed by atoms with van der Waals surface area (Å²) in [5, 5.41) is 2.94. The average molecular weight is 277 g/mol. The van der Waals surface area contributed by atoms with Gasteiger partial charge in [0.2, 0.25) is 5.91 Å². The summed E-state index contributed by atoms with van der Waals surface area (Å²) >= 11 is 0. The van der Waals surface area contributed by atoms with Crippen LogP contribution in [-0.2, 0) is 11.3 Å². The third-order valence-electron chi connectivity index (χ3n) is 3.50. The zero-order valence-corrected chi connectivity index (χ0v) is 12.9. The molecule has 0 aliphatic carbocycles. The Balaban J connectivity index is 2.40. The Morgan fingerprint density at radius 1 is 1.35 bits per heavy atom. The number of hydrogen-bond donors (Lipinski definition) is 2. The molecule has 1 amide bonds. The highest BCUT2D eigenvalue weighted by Gasteiger charge is 2.09. The van der Waals surface area contributed by atoms with Crippen molar-refractivity contribution in [1.82, 2.24) is 4.90 Å². The van der Waals surface area contributed by atoms with E-state index in [9.17, 15) is 4.79 Å². The molecule has 1 aromatic carbocycles. The number of carbonyl (C=O) groups excluding carboxylic acids is 1. The van der Waals surface area contributed by atoms with Gasteiger partial charge in [-0.15, -0.1) is 0 Å². The summed E-state index contributed by atoms with van der Waals surface area (Å²) in [5.41, 5.74) is 7.46. The monoisotopic (exact) mass is 277 g/mol. The van der Waals surface area contributed by atoms with Crippen molar-refractivity contribution >= 4 is 11.6 Å². The minimum Gasteiger partial charge on any atom is -0.326 e. The minimum atomic E-state index is 0.0608. The van der Waals surface area contributed by atoms with E-state index >= 15 is 0 Å². The van der Waals surface area contributed by atoms with Crippen molar-refractivity contribution in [3.63, 3.8) is 0 Å². The molecule has 4 heteroatoms. The van der Waals surface area contributed by atoms with Crippen LogP contribution < -0.4 is 11.1 Å². The summed E-state index contributed by atoms with van der Waals surface area (Å²) < 4.78 is 0. The van der Waals surface area contributed by atoms with Gasteiger partial charge in [-0.1, -0.05) is 25.1 Å². The Kier molecular flexibility index (Phi) is 7.26. The van der Waals surface area contributed by atoms with Crippen molar-refractivity contribution in [2.75, 3.05) is 18.4 Å². The third-order valence-corrected chi connectivity index (χ3v) is 3.50. The SMILES string of the molecule is CCN(CCCC(=O)Nc1ccccc1CN)C(C)C. The van der Waals surface area contributed by atoms with E-state index in [4.69, 9.17) is 5.73 Å². The van der Waals surface area contributed by atoms with E-state index in [0.717, 1.165) is 30.8 Å². The Bertz CT molecular complexity index is 418. The fraction of sp³-hybridized carbons (Fsp3) is 0.562. The van der Waals surface area contributed by atoms with E-state index in [1.807, 2.05) is 24.3 Å². The largest absolute Gasteiger partial charge is 0.326 e. The van der Waals surface area contributed by atoms with Gasteiger partial charge in [0.1, 0.15) is 0 Å². The molecular weight excluding hydrogens is 250 g/mol. The van der Waals surface area contributed by atoms with Gasteiger partial charge in [-0.25, -0.2) is 0 Å². The molecule has 0 atom stereocenters. The molecule has 1 rings (SSSR count). The number of carbonyl (C=O) groups is 1. The highest BCUT2D eigenvalue weighted by atomic mass is 16.1. The van der Waals surface area contributed by atoms with Gasteiger partial charge in [-0.3, -0.25) is 4.79 Å². The molecule has 112 valence electrons. The van der Waals surface area contributed by atoms with Crippen molar-refractivity contribution in [1.29, 1.82) is 0 Å². The number of amides is 1. The van der Waals surface area contributed by atoms with Gasteiger partial charge in [-0.05, 0) is 45.0 Å². The Morgan fingerprint density at radius 2 is 2.05 bits per heavy atom. The minimum absolute atomic E-state index is 0.0608. The number of nitrogens with two attached hydrogens (primary N) is 1. The van der Waals surface area contributed by atoms with Crippen LogP contribution in [-0.4, -0.2) is 29.9 Å². The predicted octanol–water partition coefficient (Wildman–Crippen LogP) is 2.59. The molecule has 0 spiro atoms. The first-order chi connectivity index (χ1) is 9.58. The molecule has 0 aliphatic heterocycles. The van der Waals surface area contributed by atoms with E-state index < -0.39 is 0 Å². The molecule has 4 nitrogen and oxygen atoms in total. The molecule has 0 saturated heterocycles. The lowest BCUT2D eigenvalue weighted by Gasteiger charge is -2.24. The summed E-state index contributed by atoms with van der Waals surface area (Å²) in [6.07, 6.45) is 1.42. The van der Waals surface area contributed by atoms with Crippen LogP contribution in [0.4, 0.5) is 5.69 Å². The lowest BCUT2D eigenvalue weighted by Crippen LogP contribution is -2.32. The molecule has 0 fully saturated rings. The molecule has 0 unspecified atom stereocenters. The molecule has 0 aliphatic rings. The van der Waals surface area contributed by atoms with Crippen LogP contribution in [0.25, 0.3) is 0 Å². The quantitative estimate of drug-likeness (QED) is 0.768. The molecular formula is C16H27N3O. The highest BCUT2D eigenvalue weighted by molar-refractivity contribution is 5.91. The second-order valence-electron chi connectivity index (χ2n) is 5.24. The third kappa shape index (κ3) is 5.31. The molecule has 3 N–H and O–H groups in total. The number of benzene rings is 1. The fourth-order valence-corrected chi connectivity index (χ4v) is 2.26. The maximum Gasteiger partial charge on any atom is 0.224 e. The Morgan fingerprint density at radius 3 is 2.65 bits per heavy atom. The maximum absolute atomic E-state index is 11.9. The van der Waals surface area contributed by atoms with Crippen LogP contribution in [0.1, 0.15) is 39.2 Å². The van der Waals surface area contributed by atoms with Crippen molar-refractivity contribution in [2.45, 2.75) is 46.2 Å². The lowest BCUT2D eigenvalue weighted by molar-refractivity contribution is -0.116. The zero-order chi connectivity index (χ0) is 15.0. The molecule has 0 radical (unpaired) electrons. The van der Waals surface area contributed by atoms with Gasteiger partial charge >= 0.3 is 0 Å². The molecule has 0 aromatic heterocycles. The summed E-state index contributed by atoms with van der Waals surface area (Å²) in [5.74, 6) is 0.0608. The second-order valence-corrected chi connectivity index (χ2v) is 5.24. The van der Waals surface area contributed by atoms with Crippen molar-refractivity contribution in [2.24, 2.45) is 5.73 Å². The topological polar surface area (TPSA) is 58.4 Å². The van der Waals surface area contributed by atoms with E-state index in [-0.39, 0.29) is 5.91 Å². The Hall–Kier alpha value is -1.39. The van der Waals surface area contributed by atoms with Gasteiger partial charge in [0.05, 0.1) is 0 Å². The smallest absolute Gasteiger partial charge is 0.224 e. The van der Waals surface area contributed by atoms with Crippen LogP contribution in [0.2, 0.25) is 0 Å². The van der Waals surface area contributed by atoms with Gasteiger partial charge in [0.15, 0.2) is 0 Å². The van der Waals surface area contributed by atoms with E-state index in [2.05, 4.69) is 31.0 Å². The van der Waals surface area contributed by atoms with Crippen molar-refractivity contribution < 1.29 is 4.79 Å². The van der Waals surface area contributed by atoms with Crippen LogP contribution in [0, 0.1) is 0 Å². The standard InChI is InChI=1S/C16H27N3O/c1-4-19(13(2)3)11-7-10-16(20)18-15-9-6-5-8-14(15)12-17/h5-6,8-9,13H,4,7,10-12,17H2,1-3H3,(H,18,20). The number of anilines is 1. The fourth-order valence-electron chi connectivity index (χ4n) is 2.26. The summed E-state index contributed by atoms with van der Waals surface area (Å²) in [7, 11) is 0. The lowest BCUT2D eigenvalue weighted by atomic mass is 10.1. The zero-order valence-electron chi connectivity index (χ0n) is 12.9. The highest BCUT2D eigenvalue weighted by Crippen LogP contribution is 2.14. The van der Waals surface area contributed by atoms with Crippen molar-refractivity contribution in [3.8, 4) is 0 Å². The van der Waals surface area contributed by atoms with Gasteiger partial charge in [0.25, 0.3) is 0 Å². The predicted molar refractivity (Wildman–Crippen MR) is 84.6 cm³/mol. The number of nitrogens with zero attached hydrogens (tertiary/aromatic N) is 1. The van der Waals surface area contributed by atoms with Crippen LogP contribution in [0.15, 0.2) is 24.3 Å². The molecule has 0 saturated carbocycles. The Labute approximate surface area is 122 Å². The summed E-state index contributed by atoms with van der Waals surface area (Å²) in [4.78, 5) is 14.3. The van der Waals surface area contributed by atoms with Crippen LogP contribution in [0.5, 0.6) is 0 Å². The maximum atomic E-state index is 11.9. The first-order valence-corrected chi connectivity index (χ1v) is 7.40. The molecule has 1 aromatic rings. The first-order valence-electron chi connectivity index (χ1n) is 7.40. The second kappa shape index (κ2) is 8.72. The van der Waals surface area contributed by atoms with Crippen molar-refractivity contribution in [3.05, 3.63) is 29.8 Å². The molecule has 0 heterocycles. The van der Waals surface area contributed by atoms with E-state index in [1.165, 1.54) is 0 Å². The summed E-state index contributed by atoms with van der Waals surface area (Å²) in [6.45, 7) is 8.93. The number of nitrogens with one attached hydrogen (secondary N) is 1. The number of hydrogen-bond acceptors (Lipinski definition) is 3. The normalized spacial score (nSPS) is 11.1. The summed E-state index contributed by atoms with van der Waals surface area (Å²) in [6, 6.07) is 8.20. The van der Waals surface area contributed by atoms with E-state index in [1.54, 1.807) is 0 Å². The molecule has 20 heavy (non-hydrogen) atoms. The van der Waals surface area contributed by atoms with Gasteiger partial charge < -0.3 is 16.0 Å². The van der Waals surface area contributed by atoms with Crippen LogP contribution >= 0.6 is 0 Å². The number of para-hydroxylation sites is 1. The molecule has 0 bridgehead atoms. The average Bonchev–Trinajstić information content (AvgIpc) is 2.43. The van der Waals surface area contributed by atoms with Gasteiger partial charge in [0, 0.05) is 24.7 Å². The number of rotatable bonds is 8. The van der Waals surface area contributed by atoms with Gasteiger partial charge in [-0.2, -0.15) is 0 Å². The van der Waals surface area contributed by atoms with E-state index in [0.29, 0.717) is 19.0 Å². The first kappa shape index (κ1) is 16.7.